The van der Waals surface area contributed by atoms with Crippen LogP contribution in [0, 0.1) is 0 Å². The van der Waals surface area contributed by atoms with Crippen molar-refractivity contribution in [2.45, 2.75) is 19.8 Å². The van der Waals surface area contributed by atoms with Crippen molar-refractivity contribution in [1.82, 2.24) is 9.97 Å². The van der Waals surface area contributed by atoms with Crippen LogP contribution in [0.15, 0.2) is 55.0 Å². The van der Waals surface area contributed by atoms with Crippen LogP contribution in [0.25, 0.3) is 21.9 Å². The monoisotopic (exact) mass is 248 g/mol. The Morgan fingerprint density at radius 3 is 2.53 bits per heavy atom. The molecule has 0 radical (unpaired) electrons. The Morgan fingerprint density at radius 1 is 0.895 bits per heavy atom. The predicted molar refractivity (Wildman–Crippen MR) is 79.1 cm³/mol. The lowest BCUT2D eigenvalue weighted by Gasteiger charge is -2.12. The first-order valence-electron chi connectivity index (χ1n) is 6.55. The Labute approximate surface area is 113 Å². The zero-order chi connectivity index (χ0) is 13.2. The fourth-order valence-electron chi connectivity index (χ4n) is 2.47. The number of benzene rings is 2. The van der Waals surface area contributed by atoms with Gasteiger partial charge in [0.05, 0.1) is 5.69 Å². The number of hydrogen-bond donors (Lipinski definition) is 0. The number of fused-ring (bicyclic) bond motifs is 1. The van der Waals surface area contributed by atoms with Crippen LogP contribution in [-0.4, -0.2) is 9.97 Å². The molecule has 0 atom stereocenters. The highest BCUT2D eigenvalue weighted by Gasteiger charge is 2.12. The van der Waals surface area contributed by atoms with Gasteiger partial charge in [0, 0.05) is 11.8 Å². The van der Waals surface area contributed by atoms with Gasteiger partial charge in [-0.2, -0.15) is 0 Å². The summed E-state index contributed by atoms with van der Waals surface area (Å²) in [6.07, 6.45) is 3.55. The third-order valence-corrected chi connectivity index (χ3v) is 3.37. The molecular weight excluding hydrogens is 232 g/mol. The van der Waals surface area contributed by atoms with Crippen LogP contribution in [0.2, 0.25) is 0 Å². The Bertz CT molecular complexity index is 712. The van der Waals surface area contributed by atoms with E-state index in [1.807, 2.05) is 6.20 Å². The summed E-state index contributed by atoms with van der Waals surface area (Å²) in [4.78, 5) is 8.65. The molecule has 3 aromatic rings. The van der Waals surface area contributed by atoms with Gasteiger partial charge in [-0.05, 0) is 22.3 Å². The quantitative estimate of drug-likeness (QED) is 0.671. The largest absolute Gasteiger partial charge is 0.244 e. The summed E-state index contributed by atoms with van der Waals surface area (Å²) < 4.78 is 0. The second-order valence-corrected chi connectivity index (χ2v) is 5.00. The summed E-state index contributed by atoms with van der Waals surface area (Å²) in [6, 6.07) is 14.8. The van der Waals surface area contributed by atoms with Gasteiger partial charge in [0.1, 0.15) is 6.33 Å². The van der Waals surface area contributed by atoms with Gasteiger partial charge in [-0.25, -0.2) is 9.97 Å². The highest BCUT2D eigenvalue weighted by Crippen LogP contribution is 2.32. The van der Waals surface area contributed by atoms with Crippen molar-refractivity contribution in [2.75, 3.05) is 0 Å². The summed E-state index contributed by atoms with van der Waals surface area (Å²) in [5.74, 6) is 0.386. The molecule has 3 rings (SSSR count). The average Bonchev–Trinajstić information content (AvgIpc) is 2.46. The number of hydrogen-bond acceptors (Lipinski definition) is 2. The van der Waals surface area contributed by atoms with E-state index in [1.165, 1.54) is 16.3 Å². The molecular formula is C17H16N2. The van der Waals surface area contributed by atoms with Gasteiger partial charge in [0.15, 0.2) is 0 Å². The molecule has 94 valence electrons. The molecule has 2 heteroatoms. The maximum atomic E-state index is 4.45. The first-order valence-corrected chi connectivity index (χ1v) is 6.55. The number of rotatable bonds is 2. The Morgan fingerprint density at radius 2 is 1.68 bits per heavy atom. The Kier molecular flexibility index (Phi) is 3.00. The van der Waals surface area contributed by atoms with Gasteiger partial charge >= 0.3 is 0 Å². The number of nitrogens with zero attached hydrogens (tertiary/aromatic N) is 2. The smallest absolute Gasteiger partial charge is 0.115 e. The molecule has 19 heavy (non-hydrogen) atoms. The van der Waals surface area contributed by atoms with E-state index < -0.39 is 0 Å². The maximum absolute atomic E-state index is 4.45. The molecule has 1 heterocycles. The van der Waals surface area contributed by atoms with Crippen LogP contribution in [0.5, 0.6) is 0 Å². The van der Waals surface area contributed by atoms with Gasteiger partial charge < -0.3 is 0 Å². The minimum atomic E-state index is 0.386. The molecule has 0 N–H and O–H groups in total. The van der Waals surface area contributed by atoms with Gasteiger partial charge in [0.25, 0.3) is 0 Å². The highest BCUT2D eigenvalue weighted by molar-refractivity contribution is 5.96. The van der Waals surface area contributed by atoms with Crippen LogP contribution in [0.4, 0.5) is 0 Å². The van der Waals surface area contributed by atoms with Crippen LogP contribution in [0.3, 0.4) is 0 Å². The van der Waals surface area contributed by atoms with Crippen molar-refractivity contribution < 1.29 is 0 Å². The van der Waals surface area contributed by atoms with Crippen molar-refractivity contribution in [3.8, 4) is 11.1 Å². The SMILES string of the molecule is CC(C)c1ncncc1-c1cccc2ccccc12. The van der Waals surface area contributed by atoms with Crippen LogP contribution < -0.4 is 0 Å². The fourth-order valence-corrected chi connectivity index (χ4v) is 2.47. The van der Waals surface area contributed by atoms with Crippen molar-refractivity contribution in [1.29, 1.82) is 0 Å². The highest BCUT2D eigenvalue weighted by atomic mass is 14.8. The van der Waals surface area contributed by atoms with Crippen LogP contribution in [0.1, 0.15) is 25.5 Å². The number of aromatic nitrogens is 2. The molecule has 0 aliphatic heterocycles. The van der Waals surface area contributed by atoms with E-state index in [9.17, 15) is 0 Å². The van der Waals surface area contributed by atoms with E-state index >= 15 is 0 Å². The molecule has 0 unspecified atom stereocenters. The molecule has 0 amide bonds. The zero-order valence-electron chi connectivity index (χ0n) is 11.2. The van der Waals surface area contributed by atoms with E-state index in [1.54, 1.807) is 6.33 Å². The van der Waals surface area contributed by atoms with E-state index in [2.05, 4.69) is 66.3 Å². The molecule has 0 aliphatic carbocycles. The minimum absolute atomic E-state index is 0.386. The summed E-state index contributed by atoms with van der Waals surface area (Å²) in [6.45, 7) is 4.33. The molecule has 0 spiro atoms. The van der Waals surface area contributed by atoms with Gasteiger partial charge in [-0.15, -0.1) is 0 Å². The van der Waals surface area contributed by atoms with E-state index in [-0.39, 0.29) is 0 Å². The van der Waals surface area contributed by atoms with Crippen molar-refractivity contribution in [3.63, 3.8) is 0 Å². The lowest BCUT2D eigenvalue weighted by Crippen LogP contribution is -1.97. The third-order valence-electron chi connectivity index (χ3n) is 3.37. The lowest BCUT2D eigenvalue weighted by molar-refractivity contribution is 0.817. The topological polar surface area (TPSA) is 25.8 Å². The molecule has 0 bridgehead atoms. The van der Waals surface area contributed by atoms with Crippen LogP contribution in [-0.2, 0) is 0 Å². The van der Waals surface area contributed by atoms with Crippen molar-refractivity contribution in [3.05, 3.63) is 60.7 Å². The van der Waals surface area contributed by atoms with Gasteiger partial charge in [0.2, 0.25) is 0 Å². The first kappa shape index (κ1) is 11.8. The Balaban J connectivity index is 2.31. The van der Waals surface area contributed by atoms with Crippen LogP contribution >= 0.6 is 0 Å². The van der Waals surface area contributed by atoms with Gasteiger partial charge in [-0.1, -0.05) is 56.3 Å². The minimum Gasteiger partial charge on any atom is -0.244 e. The molecule has 0 saturated heterocycles. The Hall–Kier alpha value is -2.22. The summed E-state index contributed by atoms with van der Waals surface area (Å²) in [5, 5.41) is 2.50. The fraction of sp³-hybridized carbons (Fsp3) is 0.176. The second-order valence-electron chi connectivity index (χ2n) is 5.00. The summed E-state index contributed by atoms with van der Waals surface area (Å²) >= 11 is 0. The van der Waals surface area contributed by atoms with Gasteiger partial charge in [-0.3, -0.25) is 0 Å². The van der Waals surface area contributed by atoms with E-state index in [0.717, 1.165) is 11.3 Å². The molecule has 0 aliphatic rings. The summed E-state index contributed by atoms with van der Waals surface area (Å²) in [7, 11) is 0. The normalized spacial score (nSPS) is 11.1. The average molecular weight is 248 g/mol. The van der Waals surface area contributed by atoms with Crippen molar-refractivity contribution in [2.24, 2.45) is 0 Å². The molecule has 0 fully saturated rings. The van der Waals surface area contributed by atoms with E-state index in [0.29, 0.717) is 5.92 Å². The molecule has 0 saturated carbocycles. The predicted octanol–water partition coefficient (Wildman–Crippen LogP) is 4.42. The third kappa shape index (κ3) is 2.10. The first-order chi connectivity index (χ1) is 9.27. The van der Waals surface area contributed by atoms with E-state index in [4.69, 9.17) is 0 Å². The molecule has 1 aromatic heterocycles. The lowest BCUT2D eigenvalue weighted by atomic mass is 9.95. The zero-order valence-corrected chi connectivity index (χ0v) is 11.2. The maximum Gasteiger partial charge on any atom is 0.115 e. The van der Waals surface area contributed by atoms with Crippen molar-refractivity contribution >= 4 is 10.8 Å². The molecule has 2 nitrogen and oxygen atoms in total. The standard InChI is InChI=1S/C17H16N2/c1-12(2)17-16(10-18-11-19-17)15-9-5-7-13-6-3-4-8-14(13)15/h3-12H,1-2H3. The summed E-state index contributed by atoms with van der Waals surface area (Å²) in [5.41, 5.74) is 3.45. The molecule has 2 aromatic carbocycles. The second kappa shape index (κ2) is 4.81.